The summed E-state index contributed by atoms with van der Waals surface area (Å²) in [6.07, 6.45) is 6.88. The Morgan fingerprint density at radius 3 is 2.11 bits per heavy atom. The summed E-state index contributed by atoms with van der Waals surface area (Å²) in [5.74, 6) is 2.46. The molecule has 18 heavy (non-hydrogen) atoms. The summed E-state index contributed by atoms with van der Waals surface area (Å²) in [4.78, 5) is 0. The molecule has 0 aromatic rings. The highest BCUT2D eigenvalue weighted by molar-refractivity contribution is 7.91. The summed E-state index contributed by atoms with van der Waals surface area (Å²) in [6.45, 7) is 0. The molecule has 1 unspecified atom stereocenters. The molecule has 0 amide bonds. The molecule has 2 fully saturated rings. The lowest BCUT2D eigenvalue weighted by Crippen LogP contribution is -2.37. The molecule has 0 spiro atoms. The highest BCUT2D eigenvalue weighted by Crippen LogP contribution is 2.46. The van der Waals surface area contributed by atoms with Crippen LogP contribution in [0.15, 0.2) is 0 Å². The van der Waals surface area contributed by atoms with Crippen LogP contribution in [0.3, 0.4) is 0 Å². The van der Waals surface area contributed by atoms with Gasteiger partial charge in [-0.05, 0) is 24.7 Å². The van der Waals surface area contributed by atoms with Gasteiger partial charge in [-0.2, -0.15) is 0 Å². The Kier molecular flexibility index (Phi) is 4.88. The van der Waals surface area contributed by atoms with Gasteiger partial charge < -0.3 is 0 Å². The summed E-state index contributed by atoms with van der Waals surface area (Å²) in [5, 5.41) is 0. The van der Waals surface area contributed by atoms with Crippen molar-refractivity contribution < 1.29 is 8.42 Å². The first kappa shape index (κ1) is 14.9. The summed E-state index contributed by atoms with van der Waals surface area (Å²) in [6, 6.07) is 0. The minimum atomic E-state index is -2.85. The van der Waals surface area contributed by atoms with E-state index in [1.807, 2.05) is 0 Å². The third kappa shape index (κ3) is 3.16. The maximum Gasteiger partial charge on any atom is 0.150 e. The molecule has 0 aromatic carbocycles. The van der Waals surface area contributed by atoms with Gasteiger partial charge in [0, 0.05) is 17.2 Å². The first-order chi connectivity index (χ1) is 8.51. The van der Waals surface area contributed by atoms with E-state index < -0.39 is 9.84 Å². The van der Waals surface area contributed by atoms with Crippen molar-refractivity contribution in [2.24, 2.45) is 17.3 Å². The molecule has 2 rings (SSSR count). The Hall–Kier alpha value is 0.530. The van der Waals surface area contributed by atoms with Crippen molar-refractivity contribution >= 4 is 33.0 Å². The van der Waals surface area contributed by atoms with Crippen molar-refractivity contribution in [1.29, 1.82) is 0 Å². The fraction of sp³-hybridized carbons (Fsp3) is 1.00. The maximum absolute atomic E-state index is 11.7. The van der Waals surface area contributed by atoms with E-state index in [2.05, 4.69) is 0 Å². The van der Waals surface area contributed by atoms with Crippen molar-refractivity contribution in [2.75, 3.05) is 23.3 Å². The van der Waals surface area contributed by atoms with Crippen molar-refractivity contribution in [3.63, 3.8) is 0 Å². The number of halogens is 2. The van der Waals surface area contributed by atoms with Gasteiger partial charge in [0.2, 0.25) is 0 Å². The van der Waals surface area contributed by atoms with Gasteiger partial charge in [-0.1, -0.05) is 25.7 Å². The molecule has 1 atom stereocenters. The first-order valence-corrected chi connectivity index (χ1v) is 9.73. The van der Waals surface area contributed by atoms with Crippen molar-refractivity contribution in [1.82, 2.24) is 0 Å². The number of alkyl halides is 2. The predicted molar refractivity (Wildman–Crippen MR) is 77.2 cm³/mol. The fourth-order valence-corrected chi connectivity index (χ4v) is 6.48. The lowest BCUT2D eigenvalue weighted by atomic mass is 9.72. The van der Waals surface area contributed by atoms with Crippen molar-refractivity contribution in [3.05, 3.63) is 0 Å². The Labute approximate surface area is 120 Å². The summed E-state index contributed by atoms with van der Waals surface area (Å²) < 4.78 is 23.3. The van der Waals surface area contributed by atoms with E-state index in [1.54, 1.807) is 0 Å². The highest BCUT2D eigenvalue weighted by Gasteiger charge is 2.45. The third-order valence-electron chi connectivity index (χ3n) is 4.80. The molecular weight excluding hydrogens is 291 g/mol. The average Bonchev–Trinajstić information content (AvgIpc) is 2.95. The summed E-state index contributed by atoms with van der Waals surface area (Å²) in [7, 11) is -2.85. The lowest BCUT2D eigenvalue weighted by molar-refractivity contribution is 0.188. The van der Waals surface area contributed by atoms with Crippen LogP contribution in [-0.2, 0) is 9.84 Å². The molecule has 1 aliphatic carbocycles. The maximum atomic E-state index is 11.7. The van der Waals surface area contributed by atoms with Crippen LogP contribution in [0, 0.1) is 17.3 Å². The molecule has 1 aliphatic heterocycles. The zero-order valence-corrected chi connectivity index (χ0v) is 13.0. The Morgan fingerprint density at radius 1 is 1.06 bits per heavy atom. The second-order valence-electron chi connectivity index (χ2n) is 6.08. The van der Waals surface area contributed by atoms with Crippen molar-refractivity contribution in [2.45, 2.75) is 38.5 Å². The number of hydrogen-bond donors (Lipinski definition) is 0. The van der Waals surface area contributed by atoms with Gasteiger partial charge in [0.25, 0.3) is 0 Å². The van der Waals surface area contributed by atoms with E-state index in [4.69, 9.17) is 23.2 Å². The van der Waals surface area contributed by atoms with Gasteiger partial charge in [-0.3, -0.25) is 0 Å². The SMILES string of the molecule is O=S1(=O)CCC(C(CCl)(CCl)CC2CCCC2)C1. The molecule has 2 aliphatic rings. The Bertz CT molecular complexity index is 370. The van der Waals surface area contributed by atoms with E-state index in [-0.39, 0.29) is 11.3 Å². The van der Waals surface area contributed by atoms with Gasteiger partial charge in [0.15, 0.2) is 9.84 Å². The standard InChI is InChI=1S/C13H22Cl2O2S/c14-9-13(10-15,7-11-3-1-2-4-11)12-5-6-18(16,17)8-12/h11-12H,1-10H2. The van der Waals surface area contributed by atoms with Crippen LogP contribution in [0.1, 0.15) is 38.5 Å². The molecule has 0 radical (unpaired) electrons. The van der Waals surface area contributed by atoms with E-state index in [1.165, 1.54) is 25.7 Å². The smallest absolute Gasteiger partial charge is 0.150 e. The number of sulfone groups is 1. The van der Waals surface area contributed by atoms with E-state index in [0.29, 0.717) is 29.2 Å². The Balaban J connectivity index is 2.10. The molecule has 5 heteroatoms. The molecule has 1 heterocycles. The minimum Gasteiger partial charge on any atom is -0.229 e. The summed E-state index contributed by atoms with van der Waals surface area (Å²) >= 11 is 12.4. The van der Waals surface area contributed by atoms with Crippen LogP contribution in [-0.4, -0.2) is 31.7 Å². The molecule has 106 valence electrons. The quantitative estimate of drug-likeness (QED) is 0.728. The normalized spacial score (nSPS) is 28.9. The van der Waals surface area contributed by atoms with Crippen molar-refractivity contribution in [3.8, 4) is 0 Å². The van der Waals surface area contributed by atoms with Gasteiger partial charge in [-0.25, -0.2) is 8.42 Å². The highest BCUT2D eigenvalue weighted by atomic mass is 35.5. The number of rotatable bonds is 5. The van der Waals surface area contributed by atoms with Crippen LogP contribution < -0.4 is 0 Å². The average molecular weight is 313 g/mol. The van der Waals surface area contributed by atoms with Crippen LogP contribution in [0.25, 0.3) is 0 Å². The monoisotopic (exact) mass is 312 g/mol. The zero-order chi connectivity index (χ0) is 13.2. The minimum absolute atomic E-state index is 0.165. The number of hydrogen-bond acceptors (Lipinski definition) is 2. The fourth-order valence-electron chi connectivity index (χ4n) is 3.60. The molecule has 1 saturated carbocycles. The van der Waals surface area contributed by atoms with E-state index in [9.17, 15) is 8.42 Å². The second kappa shape index (κ2) is 5.88. The third-order valence-corrected chi connectivity index (χ3v) is 7.63. The van der Waals surface area contributed by atoms with E-state index >= 15 is 0 Å². The van der Waals surface area contributed by atoms with Crippen LogP contribution in [0.2, 0.25) is 0 Å². The zero-order valence-electron chi connectivity index (χ0n) is 10.7. The van der Waals surface area contributed by atoms with Gasteiger partial charge in [0.1, 0.15) is 0 Å². The van der Waals surface area contributed by atoms with Gasteiger partial charge in [0.05, 0.1) is 11.5 Å². The van der Waals surface area contributed by atoms with Gasteiger partial charge in [-0.15, -0.1) is 23.2 Å². The lowest BCUT2D eigenvalue weighted by Gasteiger charge is -2.37. The van der Waals surface area contributed by atoms with E-state index in [0.717, 1.165) is 12.8 Å². The van der Waals surface area contributed by atoms with Gasteiger partial charge >= 0.3 is 0 Å². The molecular formula is C13H22Cl2O2S. The van der Waals surface area contributed by atoms with Crippen LogP contribution in [0.4, 0.5) is 0 Å². The molecule has 0 bridgehead atoms. The van der Waals surface area contributed by atoms with Crippen LogP contribution >= 0.6 is 23.2 Å². The first-order valence-electron chi connectivity index (χ1n) is 6.84. The summed E-state index contributed by atoms with van der Waals surface area (Å²) in [5.41, 5.74) is -0.165. The molecule has 2 nitrogen and oxygen atoms in total. The second-order valence-corrected chi connectivity index (χ2v) is 8.85. The topological polar surface area (TPSA) is 34.1 Å². The predicted octanol–water partition coefficient (Wildman–Crippen LogP) is 3.47. The van der Waals surface area contributed by atoms with Crippen LogP contribution in [0.5, 0.6) is 0 Å². The molecule has 0 N–H and O–H groups in total. The molecule has 1 saturated heterocycles. The molecule has 0 aromatic heterocycles. The largest absolute Gasteiger partial charge is 0.229 e. The Morgan fingerprint density at radius 2 is 1.67 bits per heavy atom.